The van der Waals surface area contributed by atoms with Gasteiger partial charge in [-0.2, -0.15) is 0 Å². The number of hydrogen-bond donors (Lipinski definition) is 1. The quantitative estimate of drug-likeness (QED) is 0.829. The summed E-state index contributed by atoms with van der Waals surface area (Å²) in [6.45, 7) is 6.41. The normalized spacial score (nSPS) is 30.5. The molecule has 0 radical (unpaired) electrons. The summed E-state index contributed by atoms with van der Waals surface area (Å²) in [5.74, 6) is 0.392. The Labute approximate surface area is 147 Å². The fourth-order valence-corrected chi connectivity index (χ4v) is 4.20. The lowest BCUT2D eigenvalue weighted by Crippen LogP contribution is -2.52. The van der Waals surface area contributed by atoms with Gasteiger partial charge in [0.15, 0.2) is 0 Å². The molecule has 6 heteroatoms. The molecule has 3 unspecified atom stereocenters. The van der Waals surface area contributed by atoms with Gasteiger partial charge in [-0.25, -0.2) is 0 Å². The zero-order valence-corrected chi connectivity index (χ0v) is 15.3. The first kappa shape index (κ1) is 20.0. The van der Waals surface area contributed by atoms with E-state index in [4.69, 9.17) is 0 Å². The summed E-state index contributed by atoms with van der Waals surface area (Å²) in [6, 6.07) is 1.02. The van der Waals surface area contributed by atoms with Gasteiger partial charge in [0.05, 0.1) is 6.04 Å². The molecule has 3 aliphatic rings. The molecular weight excluding hydrogens is 321 g/mol. The van der Waals surface area contributed by atoms with Crippen molar-refractivity contribution in [1.29, 1.82) is 0 Å². The number of halogens is 2. The van der Waals surface area contributed by atoms with Crippen molar-refractivity contribution in [2.75, 3.05) is 26.2 Å². The minimum atomic E-state index is 0. The Bertz CT molecular complexity index is 334. The topological polar surface area (TPSA) is 35.6 Å². The SMILES string of the molecule is CC(C(=O)N1C2CCNCC1CC2)N1CCCCCC1.Cl.Cl. The van der Waals surface area contributed by atoms with Gasteiger partial charge in [-0.1, -0.05) is 12.8 Å². The van der Waals surface area contributed by atoms with Gasteiger partial charge in [-0.15, -0.1) is 24.8 Å². The molecule has 1 amide bonds. The molecule has 3 fully saturated rings. The number of nitrogens with zero attached hydrogens (tertiary/aromatic N) is 2. The van der Waals surface area contributed by atoms with Crippen molar-refractivity contribution in [3.05, 3.63) is 0 Å². The Morgan fingerprint density at radius 2 is 1.64 bits per heavy atom. The van der Waals surface area contributed by atoms with Crippen molar-refractivity contribution >= 4 is 30.7 Å². The van der Waals surface area contributed by atoms with E-state index in [0.29, 0.717) is 18.0 Å². The Morgan fingerprint density at radius 3 is 2.32 bits per heavy atom. The number of rotatable bonds is 2. The molecule has 130 valence electrons. The standard InChI is InChI=1S/C16H29N3O.2ClH/c1-13(18-10-4-2-3-5-11-18)16(20)19-14-6-7-15(19)12-17-9-8-14;;/h13-15,17H,2-12H2,1H3;2*1H. The van der Waals surface area contributed by atoms with Crippen LogP contribution in [0.3, 0.4) is 0 Å². The summed E-state index contributed by atoms with van der Waals surface area (Å²) < 4.78 is 0. The van der Waals surface area contributed by atoms with E-state index in [-0.39, 0.29) is 30.9 Å². The minimum Gasteiger partial charge on any atom is -0.334 e. The van der Waals surface area contributed by atoms with Gasteiger partial charge in [0.25, 0.3) is 0 Å². The van der Waals surface area contributed by atoms with E-state index in [1.807, 2.05) is 0 Å². The van der Waals surface area contributed by atoms with Crippen molar-refractivity contribution in [3.63, 3.8) is 0 Å². The number of nitrogens with one attached hydrogen (secondary N) is 1. The van der Waals surface area contributed by atoms with Crippen molar-refractivity contribution in [3.8, 4) is 0 Å². The van der Waals surface area contributed by atoms with Crippen molar-refractivity contribution < 1.29 is 4.79 Å². The van der Waals surface area contributed by atoms with Gasteiger partial charge in [0, 0.05) is 18.6 Å². The monoisotopic (exact) mass is 351 g/mol. The van der Waals surface area contributed by atoms with Gasteiger partial charge in [-0.05, 0) is 58.7 Å². The maximum absolute atomic E-state index is 13.0. The molecule has 22 heavy (non-hydrogen) atoms. The number of hydrogen-bond acceptors (Lipinski definition) is 3. The Kier molecular flexibility index (Phi) is 8.47. The molecule has 2 bridgehead atoms. The third-order valence-electron chi connectivity index (χ3n) is 5.45. The molecular formula is C16H31Cl2N3O. The fourth-order valence-electron chi connectivity index (χ4n) is 4.20. The molecule has 3 saturated heterocycles. The van der Waals surface area contributed by atoms with Crippen LogP contribution in [0.2, 0.25) is 0 Å². The van der Waals surface area contributed by atoms with E-state index in [1.54, 1.807) is 0 Å². The van der Waals surface area contributed by atoms with Crippen molar-refractivity contribution in [2.24, 2.45) is 0 Å². The molecule has 0 aromatic rings. The first-order chi connectivity index (χ1) is 9.77. The third kappa shape index (κ3) is 4.28. The zero-order valence-electron chi connectivity index (χ0n) is 13.6. The van der Waals surface area contributed by atoms with Crippen molar-refractivity contribution in [2.45, 2.75) is 70.0 Å². The molecule has 0 spiro atoms. The molecule has 0 aromatic heterocycles. The molecule has 4 nitrogen and oxygen atoms in total. The molecule has 3 aliphatic heterocycles. The summed E-state index contributed by atoms with van der Waals surface area (Å²) in [5.41, 5.74) is 0. The molecule has 3 rings (SSSR count). The van der Waals surface area contributed by atoms with E-state index in [2.05, 4.69) is 22.0 Å². The van der Waals surface area contributed by atoms with Crippen LogP contribution in [0, 0.1) is 0 Å². The average Bonchev–Trinajstić information content (AvgIpc) is 2.62. The smallest absolute Gasteiger partial charge is 0.240 e. The Morgan fingerprint density at radius 1 is 1.00 bits per heavy atom. The Balaban J connectivity index is 0.00000121. The number of amides is 1. The fraction of sp³-hybridized carbons (Fsp3) is 0.938. The summed E-state index contributed by atoms with van der Waals surface area (Å²) in [6.07, 6.45) is 8.71. The van der Waals surface area contributed by atoms with Crippen LogP contribution in [-0.4, -0.2) is 60.0 Å². The average molecular weight is 352 g/mol. The Hall–Kier alpha value is -0.0300. The van der Waals surface area contributed by atoms with E-state index in [1.165, 1.54) is 38.5 Å². The number of likely N-dealkylation sites (tertiary alicyclic amines) is 1. The summed E-state index contributed by atoms with van der Waals surface area (Å²) in [7, 11) is 0. The first-order valence-corrected chi connectivity index (χ1v) is 8.54. The highest BCUT2D eigenvalue weighted by atomic mass is 35.5. The molecule has 3 heterocycles. The van der Waals surface area contributed by atoms with Gasteiger partial charge in [0.1, 0.15) is 0 Å². The summed E-state index contributed by atoms with van der Waals surface area (Å²) >= 11 is 0. The second-order valence-electron chi connectivity index (χ2n) is 6.75. The highest BCUT2D eigenvalue weighted by Gasteiger charge is 2.40. The maximum atomic E-state index is 13.0. The second kappa shape index (κ2) is 9.31. The minimum absolute atomic E-state index is 0. The number of fused-ring (bicyclic) bond motifs is 2. The summed E-state index contributed by atoms with van der Waals surface area (Å²) in [5, 5.41) is 3.48. The lowest BCUT2D eigenvalue weighted by molar-refractivity contribution is -0.139. The molecule has 0 aliphatic carbocycles. The van der Waals surface area contributed by atoms with Gasteiger partial charge >= 0.3 is 0 Å². The van der Waals surface area contributed by atoms with Crippen LogP contribution in [0.25, 0.3) is 0 Å². The maximum Gasteiger partial charge on any atom is 0.240 e. The van der Waals surface area contributed by atoms with Crippen molar-refractivity contribution in [1.82, 2.24) is 15.1 Å². The van der Waals surface area contributed by atoms with E-state index < -0.39 is 0 Å². The molecule has 0 saturated carbocycles. The van der Waals surface area contributed by atoms with Crippen LogP contribution in [-0.2, 0) is 4.79 Å². The molecule has 3 atom stereocenters. The number of carbonyl (C=O) groups excluding carboxylic acids is 1. The predicted octanol–water partition coefficient (Wildman–Crippen LogP) is 2.45. The van der Waals surface area contributed by atoms with Crippen LogP contribution < -0.4 is 5.32 Å². The largest absolute Gasteiger partial charge is 0.334 e. The second-order valence-corrected chi connectivity index (χ2v) is 6.75. The van der Waals surface area contributed by atoms with Crippen LogP contribution in [0.1, 0.15) is 51.9 Å². The lowest BCUT2D eigenvalue weighted by atomic mass is 10.1. The van der Waals surface area contributed by atoms with Gasteiger partial charge in [-0.3, -0.25) is 9.69 Å². The van der Waals surface area contributed by atoms with E-state index >= 15 is 0 Å². The van der Waals surface area contributed by atoms with Crippen LogP contribution in [0.15, 0.2) is 0 Å². The molecule has 1 N–H and O–H groups in total. The van der Waals surface area contributed by atoms with Crippen LogP contribution in [0.5, 0.6) is 0 Å². The zero-order chi connectivity index (χ0) is 13.9. The highest BCUT2D eigenvalue weighted by Crippen LogP contribution is 2.29. The third-order valence-corrected chi connectivity index (χ3v) is 5.45. The van der Waals surface area contributed by atoms with Gasteiger partial charge in [0.2, 0.25) is 5.91 Å². The lowest BCUT2D eigenvalue weighted by Gasteiger charge is -2.35. The molecule has 0 aromatic carbocycles. The first-order valence-electron chi connectivity index (χ1n) is 8.54. The van der Waals surface area contributed by atoms with E-state index in [9.17, 15) is 4.79 Å². The van der Waals surface area contributed by atoms with Crippen LogP contribution >= 0.6 is 24.8 Å². The van der Waals surface area contributed by atoms with Gasteiger partial charge < -0.3 is 10.2 Å². The predicted molar refractivity (Wildman–Crippen MR) is 95.1 cm³/mol. The van der Waals surface area contributed by atoms with Crippen LogP contribution in [0.4, 0.5) is 0 Å². The summed E-state index contributed by atoms with van der Waals surface area (Å²) in [4.78, 5) is 17.6. The van der Waals surface area contributed by atoms with E-state index in [0.717, 1.165) is 32.6 Å². The highest BCUT2D eigenvalue weighted by molar-refractivity contribution is 5.85. The number of carbonyl (C=O) groups is 1.